The molecule has 3 heterocycles. The van der Waals surface area contributed by atoms with Crippen LogP contribution in [0.1, 0.15) is 35.5 Å². The number of amides is 1. The number of methoxy groups -OCH3 is 1. The van der Waals surface area contributed by atoms with Gasteiger partial charge in [-0.2, -0.15) is 0 Å². The second-order valence-corrected chi connectivity index (χ2v) is 10.9. The van der Waals surface area contributed by atoms with Gasteiger partial charge in [-0.05, 0) is 42.8 Å². The van der Waals surface area contributed by atoms with Gasteiger partial charge in [0.1, 0.15) is 17.2 Å². The summed E-state index contributed by atoms with van der Waals surface area (Å²) in [6, 6.07) is 16.1. The lowest BCUT2D eigenvalue weighted by atomic mass is 9.87. The zero-order valence-electron chi connectivity index (χ0n) is 20.3. The molecule has 0 unspecified atom stereocenters. The fourth-order valence-corrected chi connectivity index (χ4v) is 5.70. The molecule has 9 heteroatoms. The zero-order valence-corrected chi connectivity index (χ0v) is 21.1. The van der Waals surface area contributed by atoms with Crippen LogP contribution in [0.2, 0.25) is 0 Å². The Bertz CT molecular complexity index is 1620. The lowest BCUT2D eigenvalue weighted by Gasteiger charge is -2.17. The summed E-state index contributed by atoms with van der Waals surface area (Å²) in [7, 11) is -2.97. The average Bonchev–Trinajstić information content (AvgIpc) is 3.18. The summed E-state index contributed by atoms with van der Waals surface area (Å²) in [6.07, 6.45) is 1.71. The number of benzene rings is 2. The van der Waals surface area contributed by atoms with Crippen LogP contribution in [0.15, 0.2) is 65.7 Å². The van der Waals surface area contributed by atoms with E-state index in [1.807, 2.05) is 51.1 Å². The van der Waals surface area contributed by atoms with Gasteiger partial charge in [-0.1, -0.05) is 38.1 Å². The van der Waals surface area contributed by atoms with E-state index >= 15 is 0 Å². The molecule has 1 amide bonds. The quantitative estimate of drug-likeness (QED) is 0.430. The number of hydrogen-bond donors (Lipinski definition) is 1. The third kappa shape index (κ3) is 3.95. The van der Waals surface area contributed by atoms with Crippen LogP contribution in [0.3, 0.4) is 0 Å². The molecule has 5 rings (SSSR count). The highest BCUT2D eigenvalue weighted by atomic mass is 32.2. The second-order valence-electron chi connectivity index (χ2n) is 9.32. The minimum Gasteiger partial charge on any atom is -0.495 e. The fraction of sp³-hybridized carbons (Fsp3) is 0.222. The number of aromatic nitrogens is 2. The molecule has 36 heavy (non-hydrogen) atoms. The Kier molecular flexibility index (Phi) is 5.67. The largest absolute Gasteiger partial charge is 0.495 e. The summed E-state index contributed by atoms with van der Waals surface area (Å²) < 4.78 is 40.0. The monoisotopic (exact) mass is 503 g/mol. The van der Waals surface area contributed by atoms with Gasteiger partial charge >= 0.3 is 0 Å². The molecule has 0 bridgehead atoms. The molecule has 8 nitrogen and oxygen atoms in total. The number of carbonyl (C=O) groups is 1. The number of hydrogen-bond acceptors (Lipinski definition) is 7. The summed E-state index contributed by atoms with van der Waals surface area (Å²) in [5.74, 6) is -0.563. The van der Waals surface area contributed by atoms with Gasteiger partial charge in [-0.3, -0.25) is 9.78 Å². The molecule has 0 atom stereocenters. The smallest absolute Gasteiger partial charge is 0.283 e. The molecule has 0 saturated heterocycles. The molecular weight excluding hydrogens is 478 g/mol. The topological polar surface area (TPSA) is 107 Å². The Labute approximate surface area is 209 Å². The van der Waals surface area contributed by atoms with Crippen molar-refractivity contribution in [3.05, 3.63) is 77.6 Å². The summed E-state index contributed by atoms with van der Waals surface area (Å²) in [4.78, 5) is 21.8. The first kappa shape index (κ1) is 23.7. The van der Waals surface area contributed by atoms with Crippen molar-refractivity contribution < 1.29 is 22.7 Å². The fourth-order valence-electron chi connectivity index (χ4n) is 4.42. The molecule has 1 aliphatic heterocycles. The molecule has 1 N–H and O–H groups in total. The van der Waals surface area contributed by atoms with Crippen LogP contribution in [0.5, 0.6) is 11.5 Å². The second kappa shape index (κ2) is 8.60. The van der Waals surface area contributed by atoms with E-state index in [0.717, 1.165) is 27.8 Å². The molecule has 4 aromatic rings. The van der Waals surface area contributed by atoms with Crippen molar-refractivity contribution >= 4 is 26.8 Å². The molecule has 184 valence electrons. The molecule has 0 spiro atoms. The average molecular weight is 504 g/mol. The predicted molar refractivity (Wildman–Crippen MR) is 136 cm³/mol. The van der Waals surface area contributed by atoms with Crippen molar-refractivity contribution in [2.45, 2.75) is 31.1 Å². The summed E-state index contributed by atoms with van der Waals surface area (Å²) in [6.45, 7) is 6.12. The molecule has 2 aromatic heterocycles. The van der Waals surface area contributed by atoms with Gasteiger partial charge in [0.2, 0.25) is 0 Å². The highest BCUT2D eigenvalue weighted by molar-refractivity contribution is 7.90. The first-order valence-electron chi connectivity index (χ1n) is 11.4. The first-order chi connectivity index (χ1) is 17.1. The first-order valence-corrected chi connectivity index (χ1v) is 12.8. The number of fused-ring (bicyclic) bond motifs is 2. The van der Waals surface area contributed by atoms with Crippen molar-refractivity contribution in [3.63, 3.8) is 0 Å². The Balaban J connectivity index is 1.54. The molecule has 1 aliphatic rings. The van der Waals surface area contributed by atoms with Crippen molar-refractivity contribution in [2.75, 3.05) is 13.7 Å². The van der Waals surface area contributed by atoms with Gasteiger partial charge in [-0.25, -0.2) is 18.1 Å². The zero-order chi connectivity index (χ0) is 25.7. The third-order valence-corrected chi connectivity index (χ3v) is 7.71. The number of nitrogens with zero attached hydrogens (tertiary/aromatic N) is 2. The predicted octanol–water partition coefficient (Wildman–Crippen LogP) is 4.40. The lowest BCUT2D eigenvalue weighted by Crippen LogP contribution is -2.31. The molecule has 2 aromatic carbocycles. The van der Waals surface area contributed by atoms with E-state index in [9.17, 15) is 13.2 Å². The van der Waals surface area contributed by atoms with E-state index in [1.165, 1.54) is 13.2 Å². The number of pyridine rings is 2. The van der Waals surface area contributed by atoms with Crippen LogP contribution >= 0.6 is 0 Å². The van der Waals surface area contributed by atoms with Crippen LogP contribution < -0.4 is 14.2 Å². The number of nitrogens with one attached hydrogen (secondary N) is 1. The van der Waals surface area contributed by atoms with Crippen molar-refractivity contribution in [1.82, 2.24) is 14.7 Å². The molecule has 0 fully saturated rings. The van der Waals surface area contributed by atoms with Crippen molar-refractivity contribution in [2.24, 2.45) is 0 Å². The van der Waals surface area contributed by atoms with Crippen LogP contribution in [-0.2, 0) is 15.4 Å². The SMILES string of the molecule is COc1ccc2c(c1S(=O)(=O)NC(=O)c1ccc3c(-c4ccccn4)ccc(C)c3n1)OCC2(C)C. The summed E-state index contributed by atoms with van der Waals surface area (Å²) >= 11 is 0. The molecule has 0 radical (unpaired) electrons. The lowest BCUT2D eigenvalue weighted by molar-refractivity contribution is 0.0977. The number of carbonyl (C=O) groups excluding carboxylic acids is 1. The van der Waals surface area contributed by atoms with Gasteiger partial charge in [0.15, 0.2) is 4.90 Å². The normalized spacial score (nSPS) is 14.2. The third-order valence-electron chi connectivity index (χ3n) is 6.33. The molecular formula is C27H25N3O5S. The Morgan fingerprint density at radius 3 is 2.61 bits per heavy atom. The van der Waals surface area contributed by atoms with Crippen molar-refractivity contribution in [3.8, 4) is 22.8 Å². The highest BCUT2D eigenvalue weighted by Gasteiger charge is 2.39. The van der Waals surface area contributed by atoms with Crippen LogP contribution in [0, 0.1) is 6.92 Å². The van der Waals surface area contributed by atoms with E-state index in [0.29, 0.717) is 12.1 Å². The van der Waals surface area contributed by atoms with Gasteiger partial charge in [-0.15, -0.1) is 0 Å². The van der Waals surface area contributed by atoms with Gasteiger partial charge < -0.3 is 9.47 Å². The molecule has 0 saturated carbocycles. The maximum atomic E-state index is 13.4. The Hall–Kier alpha value is -3.98. The van der Waals surface area contributed by atoms with E-state index in [4.69, 9.17) is 9.47 Å². The maximum Gasteiger partial charge on any atom is 0.283 e. The van der Waals surface area contributed by atoms with Crippen LogP contribution in [0.4, 0.5) is 0 Å². The van der Waals surface area contributed by atoms with E-state index in [1.54, 1.807) is 24.4 Å². The Morgan fingerprint density at radius 1 is 1.08 bits per heavy atom. The minimum absolute atomic E-state index is 0.0277. The van der Waals surface area contributed by atoms with E-state index in [-0.39, 0.29) is 27.5 Å². The standard InChI is InChI=1S/C27H25N3O5S/c1-16-8-9-17(20-7-5-6-14-28-20)18-10-12-21(29-23(16)18)26(31)30-36(32,33)25-22(34-4)13-11-19-24(25)35-15-27(19,2)3/h5-14H,15H2,1-4H3,(H,30,31). The van der Waals surface area contributed by atoms with Gasteiger partial charge in [0.05, 0.1) is 24.9 Å². The number of ether oxygens (including phenoxy) is 2. The highest BCUT2D eigenvalue weighted by Crippen LogP contribution is 2.46. The maximum absolute atomic E-state index is 13.4. The van der Waals surface area contributed by atoms with E-state index < -0.39 is 15.9 Å². The van der Waals surface area contributed by atoms with Crippen molar-refractivity contribution in [1.29, 1.82) is 0 Å². The van der Waals surface area contributed by atoms with Gasteiger partial charge in [0.25, 0.3) is 15.9 Å². The van der Waals surface area contributed by atoms with E-state index in [2.05, 4.69) is 14.7 Å². The van der Waals surface area contributed by atoms with Gasteiger partial charge in [0, 0.05) is 28.1 Å². The number of aryl methyl sites for hydroxylation is 1. The Morgan fingerprint density at radius 2 is 1.89 bits per heavy atom. The number of rotatable bonds is 5. The van der Waals surface area contributed by atoms with Crippen LogP contribution in [0.25, 0.3) is 22.2 Å². The number of sulfonamides is 1. The van der Waals surface area contributed by atoms with Crippen LogP contribution in [-0.4, -0.2) is 38.0 Å². The summed E-state index contributed by atoms with van der Waals surface area (Å²) in [5.41, 5.74) is 3.41. The minimum atomic E-state index is -4.34. The summed E-state index contributed by atoms with van der Waals surface area (Å²) in [5, 5.41) is 0.811. The molecule has 0 aliphatic carbocycles.